The van der Waals surface area contributed by atoms with Crippen LogP contribution in [0.5, 0.6) is 11.5 Å². The van der Waals surface area contributed by atoms with Crippen molar-refractivity contribution < 1.29 is 14.3 Å². The number of halogens is 2. The van der Waals surface area contributed by atoms with Gasteiger partial charge in [0.2, 0.25) is 0 Å². The molecule has 0 saturated carbocycles. The number of methoxy groups -OCH3 is 1. The smallest absolute Gasteiger partial charge is 0.254 e. The van der Waals surface area contributed by atoms with E-state index in [0.29, 0.717) is 59.9 Å². The van der Waals surface area contributed by atoms with Gasteiger partial charge in [0.05, 0.1) is 12.1 Å². The molecule has 0 N–H and O–H groups in total. The van der Waals surface area contributed by atoms with Crippen LogP contribution in [0.4, 0.5) is 5.82 Å². The maximum atomic E-state index is 13.0. The number of carbonyl (C=O) groups is 1. The third kappa shape index (κ3) is 5.26. The van der Waals surface area contributed by atoms with Crippen LogP contribution in [0.15, 0.2) is 60.8 Å². The van der Waals surface area contributed by atoms with Gasteiger partial charge in [-0.25, -0.2) is 4.98 Å². The molecular weight excluding hydrogens is 449 g/mol. The van der Waals surface area contributed by atoms with Gasteiger partial charge in [-0.1, -0.05) is 35.3 Å². The van der Waals surface area contributed by atoms with Crippen LogP contribution < -0.4 is 14.4 Å². The minimum atomic E-state index is -0.0312. The van der Waals surface area contributed by atoms with E-state index in [4.69, 9.17) is 32.7 Å². The first-order chi connectivity index (χ1) is 15.5. The summed E-state index contributed by atoms with van der Waals surface area (Å²) < 4.78 is 11.4. The van der Waals surface area contributed by atoms with Crippen LogP contribution in [0.3, 0.4) is 0 Å². The molecule has 166 valence electrons. The van der Waals surface area contributed by atoms with E-state index < -0.39 is 0 Å². The molecule has 0 atom stereocenters. The standard InChI is InChI=1S/C24H23Cl2N3O3/c1-31-22-14-18(4-8-21(22)32-16-17-2-5-19(25)6-3-17)24(30)29-12-10-28(11-13-29)23-9-7-20(26)15-27-23/h2-9,14-15H,10-13,16H2,1H3. The van der Waals surface area contributed by atoms with E-state index in [2.05, 4.69) is 9.88 Å². The number of amides is 1. The Labute approximate surface area is 197 Å². The molecule has 1 amide bonds. The topological polar surface area (TPSA) is 54.9 Å². The molecule has 1 saturated heterocycles. The van der Waals surface area contributed by atoms with Gasteiger partial charge in [0, 0.05) is 43.0 Å². The summed E-state index contributed by atoms with van der Waals surface area (Å²) in [5.74, 6) is 1.94. The number of carbonyl (C=O) groups excluding carboxylic acids is 1. The second-order valence-corrected chi connectivity index (χ2v) is 8.27. The van der Waals surface area contributed by atoms with Gasteiger partial charge < -0.3 is 19.3 Å². The van der Waals surface area contributed by atoms with Crippen molar-refractivity contribution in [2.45, 2.75) is 6.61 Å². The molecule has 2 heterocycles. The van der Waals surface area contributed by atoms with Crippen LogP contribution in [0.1, 0.15) is 15.9 Å². The highest BCUT2D eigenvalue weighted by Gasteiger charge is 2.23. The first-order valence-corrected chi connectivity index (χ1v) is 11.0. The van der Waals surface area contributed by atoms with Gasteiger partial charge in [-0.05, 0) is 48.0 Å². The third-order valence-corrected chi connectivity index (χ3v) is 5.80. The van der Waals surface area contributed by atoms with E-state index in [9.17, 15) is 4.79 Å². The van der Waals surface area contributed by atoms with Gasteiger partial charge in [0.25, 0.3) is 5.91 Å². The van der Waals surface area contributed by atoms with Crippen molar-refractivity contribution >= 4 is 34.9 Å². The number of piperazine rings is 1. The van der Waals surface area contributed by atoms with Gasteiger partial charge in [-0.3, -0.25) is 4.79 Å². The van der Waals surface area contributed by atoms with E-state index in [1.54, 1.807) is 31.5 Å². The second-order valence-electron chi connectivity index (χ2n) is 7.39. The Morgan fingerprint density at radius 2 is 1.66 bits per heavy atom. The van der Waals surface area contributed by atoms with Crippen molar-refractivity contribution in [1.29, 1.82) is 0 Å². The fourth-order valence-electron chi connectivity index (χ4n) is 3.54. The van der Waals surface area contributed by atoms with E-state index in [1.807, 2.05) is 41.3 Å². The molecule has 8 heteroatoms. The predicted octanol–water partition coefficient (Wildman–Crippen LogP) is 4.94. The third-order valence-electron chi connectivity index (χ3n) is 5.32. The molecule has 6 nitrogen and oxygen atoms in total. The Bertz CT molecular complexity index is 1070. The summed E-state index contributed by atoms with van der Waals surface area (Å²) in [4.78, 5) is 21.4. The maximum absolute atomic E-state index is 13.0. The zero-order valence-corrected chi connectivity index (χ0v) is 19.1. The molecule has 0 aliphatic carbocycles. The van der Waals surface area contributed by atoms with Gasteiger partial charge >= 0.3 is 0 Å². The molecule has 2 aromatic carbocycles. The number of ether oxygens (including phenoxy) is 2. The Hall–Kier alpha value is -2.96. The number of benzene rings is 2. The molecule has 3 aromatic rings. The largest absolute Gasteiger partial charge is 0.493 e. The average Bonchev–Trinajstić information content (AvgIpc) is 2.84. The monoisotopic (exact) mass is 471 g/mol. The molecule has 1 aliphatic rings. The normalized spacial score (nSPS) is 13.7. The molecule has 32 heavy (non-hydrogen) atoms. The van der Waals surface area contributed by atoms with Crippen LogP contribution >= 0.6 is 23.2 Å². The highest BCUT2D eigenvalue weighted by molar-refractivity contribution is 6.30. The molecule has 0 bridgehead atoms. The fourth-order valence-corrected chi connectivity index (χ4v) is 3.78. The maximum Gasteiger partial charge on any atom is 0.254 e. The lowest BCUT2D eigenvalue weighted by atomic mass is 10.1. The van der Waals surface area contributed by atoms with Crippen molar-refractivity contribution in [2.24, 2.45) is 0 Å². The van der Waals surface area contributed by atoms with Crippen LogP contribution in [0, 0.1) is 0 Å². The summed E-state index contributed by atoms with van der Waals surface area (Å²) in [6, 6.07) is 16.5. The summed E-state index contributed by atoms with van der Waals surface area (Å²) in [6.07, 6.45) is 1.64. The Morgan fingerprint density at radius 3 is 2.31 bits per heavy atom. The molecule has 1 aromatic heterocycles. The van der Waals surface area contributed by atoms with Crippen molar-refractivity contribution in [2.75, 3.05) is 38.2 Å². The van der Waals surface area contributed by atoms with Gasteiger partial charge in [0.15, 0.2) is 11.5 Å². The van der Waals surface area contributed by atoms with E-state index in [1.165, 1.54) is 0 Å². The van der Waals surface area contributed by atoms with Crippen molar-refractivity contribution in [3.63, 3.8) is 0 Å². The Morgan fingerprint density at radius 1 is 0.938 bits per heavy atom. The van der Waals surface area contributed by atoms with E-state index in [-0.39, 0.29) is 5.91 Å². The quantitative estimate of drug-likeness (QED) is 0.509. The molecule has 1 aliphatic heterocycles. The Balaban J connectivity index is 1.38. The number of hydrogen-bond donors (Lipinski definition) is 0. The first kappa shape index (κ1) is 22.2. The second kappa shape index (κ2) is 10.1. The number of nitrogens with zero attached hydrogens (tertiary/aromatic N) is 3. The minimum Gasteiger partial charge on any atom is -0.493 e. The number of rotatable bonds is 6. The van der Waals surface area contributed by atoms with Crippen molar-refractivity contribution in [3.05, 3.63) is 82.0 Å². The number of hydrogen-bond acceptors (Lipinski definition) is 5. The lowest BCUT2D eigenvalue weighted by Crippen LogP contribution is -2.49. The van der Waals surface area contributed by atoms with Crippen LogP contribution in [0.2, 0.25) is 10.0 Å². The minimum absolute atomic E-state index is 0.0312. The molecule has 0 spiro atoms. The van der Waals surface area contributed by atoms with Crippen molar-refractivity contribution in [1.82, 2.24) is 9.88 Å². The summed E-state index contributed by atoms with van der Waals surface area (Å²) in [7, 11) is 1.57. The summed E-state index contributed by atoms with van der Waals surface area (Å²) in [5.41, 5.74) is 1.56. The average molecular weight is 472 g/mol. The first-order valence-electron chi connectivity index (χ1n) is 10.2. The molecule has 0 radical (unpaired) electrons. The number of pyridine rings is 1. The lowest BCUT2D eigenvalue weighted by molar-refractivity contribution is 0.0746. The molecular formula is C24H23Cl2N3O3. The zero-order chi connectivity index (χ0) is 22.5. The van der Waals surface area contributed by atoms with Gasteiger partial charge in [-0.2, -0.15) is 0 Å². The summed E-state index contributed by atoms with van der Waals surface area (Å²) in [6.45, 7) is 3.02. The van der Waals surface area contributed by atoms with Gasteiger partial charge in [0.1, 0.15) is 12.4 Å². The van der Waals surface area contributed by atoms with E-state index in [0.717, 1.165) is 11.4 Å². The number of aromatic nitrogens is 1. The highest BCUT2D eigenvalue weighted by Crippen LogP contribution is 2.30. The predicted molar refractivity (Wildman–Crippen MR) is 126 cm³/mol. The van der Waals surface area contributed by atoms with Crippen LogP contribution in [-0.2, 0) is 6.61 Å². The molecule has 1 fully saturated rings. The summed E-state index contributed by atoms with van der Waals surface area (Å²) >= 11 is 11.8. The van der Waals surface area contributed by atoms with Gasteiger partial charge in [-0.15, -0.1) is 0 Å². The SMILES string of the molecule is COc1cc(C(=O)N2CCN(c3ccc(Cl)cn3)CC2)ccc1OCc1ccc(Cl)cc1. The number of anilines is 1. The zero-order valence-electron chi connectivity index (χ0n) is 17.6. The fraction of sp³-hybridized carbons (Fsp3) is 0.250. The lowest BCUT2D eigenvalue weighted by Gasteiger charge is -2.35. The van der Waals surface area contributed by atoms with E-state index >= 15 is 0 Å². The molecule has 4 rings (SSSR count). The van der Waals surface area contributed by atoms with Crippen LogP contribution in [0.25, 0.3) is 0 Å². The Kier molecular flexibility index (Phi) is 7.02. The summed E-state index contributed by atoms with van der Waals surface area (Å²) in [5, 5.41) is 1.29. The van der Waals surface area contributed by atoms with Crippen LogP contribution in [-0.4, -0.2) is 49.1 Å². The molecule has 0 unspecified atom stereocenters. The van der Waals surface area contributed by atoms with Crippen molar-refractivity contribution in [3.8, 4) is 11.5 Å². The highest BCUT2D eigenvalue weighted by atomic mass is 35.5.